The molecule has 13 heavy (non-hydrogen) atoms. The normalized spacial score (nSPS) is 33.5. The first-order chi connectivity index (χ1) is 6.00. The lowest BCUT2D eigenvalue weighted by atomic mass is 9.77. The van der Waals surface area contributed by atoms with Crippen LogP contribution in [-0.4, -0.2) is 10.2 Å². The van der Waals surface area contributed by atoms with Crippen molar-refractivity contribution in [2.24, 2.45) is 5.41 Å². The lowest BCUT2D eigenvalue weighted by molar-refractivity contribution is 0.348. The van der Waals surface area contributed by atoms with Crippen molar-refractivity contribution in [3.63, 3.8) is 0 Å². The maximum Gasteiger partial charge on any atom is 0.0644 e. The summed E-state index contributed by atoms with van der Waals surface area (Å²) >= 11 is 13.3. The molecule has 0 nitrogen and oxygen atoms in total. The van der Waals surface area contributed by atoms with E-state index in [2.05, 4.69) is 51.8 Å². The Labute approximate surface area is 102 Å². The SMILES string of the molecule is CC1(C)C(Br)CC=C(C=CBr)C1Cl. The molecule has 0 bridgehead atoms. The van der Waals surface area contributed by atoms with E-state index in [0.717, 1.165) is 6.42 Å². The van der Waals surface area contributed by atoms with Crippen molar-refractivity contribution in [2.45, 2.75) is 30.5 Å². The van der Waals surface area contributed by atoms with Gasteiger partial charge in [0.25, 0.3) is 0 Å². The quantitative estimate of drug-likeness (QED) is 0.616. The molecule has 2 unspecified atom stereocenters. The predicted molar refractivity (Wildman–Crippen MR) is 66.9 cm³/mol. The molecular weight excluding hydrogens is 315 g/mol. The fourth-order valence-electron chi connectivity index (χ4n) is 1.46. The van der Waals surface area contributed by atoms with E-state index < -0.39 is 0 Å². The van der Waals surface area contributed by atoms with Gasteiger partial charge in [0.05, 0.1) is 5.38 Å². The summed E-state index contributed by atoms with van der Waals surface area (Å²) in [5.74, 6) is 0. The van der Waals surface area contributed by atoms with Gasteiger partial charge in [0, 0.05) is 4.83 Å². The first-order valence-electron chi connectivity index (χ1n) is 4.25. The molecule has 0 fully saturated rings. The second-order valence-electron chi connectivity index (χ2n) is 3.88. The van der Waals surface area contributed by atoms with Gasteiger partial charge in [0.1, 0.15) is 0 Å². The van der Waals surface area contributed by atoms with Crippen LogP contribution in [0.5, 0.6) is 0 Å². The van der Waals surface area contributed by atoms with E-state index in [1.165, 1.54) is 5.57 Å². The molecule has 0 saturated carbocycles. The molecule has 0 spiro atoms. The Morgan fingerprint density at radius 1 is 1.62 bits per heavy atom. The van der Waals surface area contributed by atoms with Crippen molar-refractivity contribution in [3.05, 3.63) is 22.7 Å². The Morgan fingerprint density at radius 2 is 2.23 bits per heavy atom. The van der Waals surface area contributed by atoms with Crippen LogP contribution in [-0.2, 0) is 0 Å². The Balaban J connectivity index is 2.92. The molecule has 0 saturated heterocycles. The minimum absolute atomic E-state index is 0.0828. The minimum Gasteiger partial charge on any atom is -0.117 e. The minimum atomic E-state index is 0.0828. The second-order valence-corrected chi connectivity index (χ2v) is 5.95. The van der Waals surface area contributed by atoms with Gasteiger partial charge in [0.2, 0.25) is 0 Å². The lowest BCUT2D eigenvalue weighted by Crippen LogP contribution is -2.37. The fraction of sp³-hybridized carbons (Fsp3) is 0.600. The molecule has 0 aromatic carbocycles. The molecule has 0 heterocycles. The summed E-state index contributed by atoms with van der Waals surface area (Å²) in [6, 6.07) is 0. The molecule has 1 aliphatic rings. The second kappa shape index (κ2) is 4.50. The average molecular weight is 328 g/mol. The van der Waals surface area contributed by atoms with Crippen LogP contribution in [0.25, 0.3) is 0 Å². The lowest BCUT2D eigenvalue weighted by Gasteiger charge is -2.38. The van der Waals surface area contributed by atoms with Gasteiger partial charge in [-0.1, -0.05) is 57.9 Å². The van der Waals surface area contributed by atoms with Gasteiger partial charge in [-0.05, 0) is 22.4 Å². The van der Waals surface area contributed by atoms with E-state index >= 15 is 0 Å². The fourth-order valence-corrected chi connectivity index (χ4v) is 2.68. The van der Waals surface area contributed by atoms with Gasteiger partial charge >= 0.3 is 0 Å². The molecule has 3 heteroatoms. The third kappa shape index (κ3) is 2.40. The molecular formula is C10H13Br2Cl. The summed E-state index contributed by atoms with van der Waals surface area (Å²) in [6.07, 6.45) is 5.27. The summed E-state index contributed by atoms with van der Waals surface area (Å²) in [4.78, 5) is 2.33. The zero-order valence-electron chi connectivity index (χ0n) is 7.73. The molecule has 74 valence electrons. The van der Waals surface area contributed by atoms with Crippen molar-refractivity contribution >= 4 is 43.5 Å². The standard InChI is InChI=1S/C10H13Br2Cl/c1-10(2)8(12)4-3-7(5-6-11)9(10)13/h3,5-6,8-9H,4H2,1-2H3. The van der Waals surface area contributed by atoms with Crippen molar-refractivity contribution in [1.82, 2.24) is 0 Å². The Hall–Kier alpha value is 0.730. The molecule has 0 aromatic rings. The van der Waals surface area contributed by atoms with Crippen LogP contribution < -0.4 is 0 Å². The van der Waals surface area contributed by atoms with Crippen LogP contribution in [0, 0.1) is 5.41 Å². The van der Waals surface area contributed by atoms with Crippen molar-refractivity contribution in [2.75, 3.05) is 0 Å². The van der Waals surface area contributed by atoms with Crippen LogP contribution in [0.2, 0.25) is 0 Å². The van der Waals surface area contributed by atoms with Gasteiger partial charge in [-0.15, -0.1) is 11.6 Å². The van der Waals surface area contributed by atoms with Crippen molar-refractivity contribution < 1.29 is 0 Å². The number of rotatable bonds is 1. The third-order valence-electron chi connectivity index (χ3n) is 2.57. The van der Waals surface area contributed by atoms with Crippen LogP contribution in [0.1, 0.15) is 20.3 Å². The van der Waals surface area contributed by atoms with Gasteiger partial charge < -0.3 is 0 Å². The van der Waals surface area contributed by atoms with E-state index in [4.69, 9.17) is 11.6 Å². The molecule has 0 N–H and O–H groups in total. The molecule has 0 amide bonds. The van der Waals surface area contributed by atoms with E-state index in [0.29, 0.717) is 4.83 Å². The van der Waals surface area contributed by atoms with E-state index in [9.17, 15) is 0 Å². The number of alkyl halides is 2. The number of allylic oxidation sites excluding steroid dienone is 3. The van der Waals surface area contributed by atoms with Crippen LogP contribution in [0.15, 0.2) is 22.7 Å². The highest BCUT2D eigenvalue weighted by atomic mass is 79.9. The summed E-state index contributed by atoms with van der Waals surface area (Å²) < 4.78 is 0. The third-order valence-corrected chi connectivity index (χ3v) is 5.20. The molecule has 0 radical (unpaired) electrons. The topological polar surface area (TPSA) is 0 Å². The first kappa shape index (κ1) is 11.8. The first-order valence-corrected chi connectivity index (χ1v) is 6.52. The summed E-state index contributed by atoms with van der Waals surface area (Å²) in [6.45, 7) is 4.39. The Bertz CT molecular complexity index is 243. The van der Waals surface area contributed by atoms with Gasteiger partial charge in [-0.25, -0.2) is 0 Å². The van der Waals surface area contributed by atoms with Crippen LogP contribution in [0.4, 0.5) is 0 Å². The summed E-state index contributed by atoms with van der Waals surface area (Å²) in [5, 5.41) is 0.0828. The molecule has 2 atom stereocenters. The van der Waals surface area contributed by atoms with Crippen molar-refractivity contribution in [1.29, 1.82) is 0 Å². The monoisotopic (exact) mass is 326 g/mol. The molecule has 0 aliphatic heterocycles. The highest BCUT2D eigenvalue weighted by molar-refractivity contribution is 9.11. The Morgan fingerprint density at radius 3 is 2.77 bits per heavy atom. The number of hydrogen-bond acceptors (Lipinski definition) is 0. The smallest absolute Gasteiger partial charge is 0.0644 e. The zero-order valence-corrected chi connectivity index (χ0v) is 11.7. The predicted octanol–water partition coefficient (Wildman–Crippen LogP) is 4.62. The summed E-state index contributed by atoms with van der Waals surface area (Å²) in [5.41, 5.74) is 1.32. The van der Waals surface area contributed by atoms with Crippen LogP contribution in [0.3, 0.4) is 0 Å². The highest BCUT2D eigenvalue weighted by Gasteiger charge is 2.38. The van der Waals surface area contributed by atoms with Crippen LogP contribution >= 0.6 is 43.5 Å². The average Bonchev–Trinajstić information content (AvgIpc) is 2.08. The van der Waals surface area contributed by atoms with E-state index in [1.54, 1.807) is 0 Å². The molecule has 1 rings (SSSR count). The van der Waals surface area contributed by atoms with Crippen molar-refractivity contribution in [3.8, 4) is 0 Å². The number of hydrogen-bond donors (Lipinski definition) is 0. The zero-order chi connectivity index (χ0) is 10.1. The van der Waals surface area contributed by atoms with E-state index in [1.807, 2.05) is 11.1 Å². The number of halogens is 3. The van der Waals surface area contributed by atoms with E-state index in [-0.39, 0.29) is 10.8 Å². The Kier molecular flexibility index (Phi) is 4.09. The maximum atomic E-state index is 6.38. The van der Waals surface area contributed by atoms with Gasteiger partial charge in [-0.2, -0.15) is 0 Å². The largest absolute Gasteiger partial charge is 0.117 e. The highest BCUT2D eigenvalue weighted by Crippen LogP contribution is 2.43. The summed E-state index contributed by atoms with van der Waals surface area (Å²) in [7, 11) is 0. The molecule has 0 aromatic heterocycles. The molecule has 1 aliphatic carbocycles. The van der Waals surface area contributed by atoms with Gasteiger partial charge in [0.15, 0.2) is 0 Å². The van der Waals surface area contributed by atoms with Gasteiger partial charge in [-0.3, -0.25) is 0 Å². The maximum absolute atomic E-state index is 6.38.